The molecule has 0 radical (unpaired) electrons. The van der Waals surface area contributed by atoms with Crippen molar-refractivity contribution in [2.75, 3.05) is 20.1 Å². The Morgan fingerprint density at radius 3 is 2.50 bits per heavy atom. The minimum absolute atomic E-state index is 0.0415. The van der Waals surface area contributed by atoms with Crippen LogP contribution in [0.5, 0.6) is 0 Å². The molecule has 0 saturated carbocycles. The predicted molar refractivity (Wildman–Crippen MR) is 120 cm³/mol. The van der Waals surface area contributed by atoms with Crippen molar-refractivity contribution < 1.29 is 18.4 Å². The fraction of sp³-hybridized carbons (Fsp3) is 0.308. The molecule has 0 atom stereocenters. The third kappa shape index (κ3) is 3.44. The summed E-state index contributed by atoms with van der Waals surface area (Å²) in [6.45, 7) is 2.79. The summed E-state index contributed by atoms with van der Waals surface area (Å²) in [6.07, 6.45) is -0.572. The molecular formula is C26H24F2N2O2. The van der Waals surface area contributed by atoms with Crippen LogP contribution in [-0.4, -0.2) is 47.7 Å². The Hall–Kier alpha value is -3.28. The molecule has 0 N–H and O–H groups in total. The minimum Gasteiger partial charge on any atom is -0.338 e. The molecule has 0 spiro atoms. The lowest BCUT2D eigenvalue weighted by Crippen LogP contribution is -2.42. The number of likely N-dealkylation sites (tertiary alicyclic amines) is 1. The fourth-order valence-corrected chi connectivity index (χ4v) is 4.80. The number of carbonyl (C=O) groups is 2. The van der Waals surface area contributed by atoms with E-state index in [1.54, 1.807) is 18.0 Å². The highest BCUT2D eigenvalue weighted by Gasteiger charge is 2.35. The van der Waals surface area contributed by atoms with Gasteiger partial charge in [0, 0.05) is 50.7 Å². The first-order chi connectivity index (χ1) is 15.2. The summed E-state index contributed by atoms with van der Waals surface area (Å²) in [5.74, 6) is -2.84. The molecule has 1 saturated heterocycles. The lowest BCUT2D eigenvalue weighted by Gasteiger charge is -2.31. The van der Waals surface area contributed by atoms with Gasteiger partial charge in [-0.05, 0) is 64.2 Å². The minimum atomic E-state index is -2.68. The molecule has 1 fully saturated rings. The van der Waals surface area contributed by atoms with Gasteiger partial charge in [0.05, 0.1) is 0 Å². The van der Waals surface area contributed by atoms with Gasteiger partial charge in [0.2, 0.25) is 0 Å². The SMILES string of the molecule is Cc1ccc2cc(C(=O)N3CCC(F)(F)CC3)ccc2c1-c1ccc2c(c1)CN(C)C2=O. The van der Waals surface area contributed by atoms with Crippen molar-refractivity contribution in [3.8, 4) is 11.1 Å². The molecule has 164 valence electrons. The van der Waals surface area contributed by atoms with E-state index in [1.807, 2.05) is 43.3 Å². The average molecular weight is 434 g/mol. The number of hydrogen-bond donors (Lipinski definition) is 0. The predicted octanol–water partition coefficient (Wildman–Crippen LogP) is 5.27. The van der Waals surface area contributed by atoms with Crippen LogP contribution in [0.4, 0.5) is 8.78 Å². The van der Waals surface area contributed by atoms with Gasteiger partial charge in [0.1, 0.15) is 0 Å². The number of piperidine rings is 1. The average Bonchev–Trinajstić information content (AvgIpc) is 3.05. The highest BCUT2D eigenvalue weighted by atomic mass is 19.3. The third-order valence-electron chi connectivity index (χ3n) is 6.64. The van der Waals surface area contributed by atoms with E-state index in [9.17, 15) is 18.4 Å². The van der Waals surface area contributed by atoms with Crippen molar-refractivity contribution >= 4 is 22.6 Å². The van der Waals surface area contributed by atoms with E-state index in [0.717, 1.165) is 38.6 Å². The van der Waals surface area contributed by atoms with E-state index in [4.69, 9.17) is 0 Å². The van der Waals surface area contributed by atoms with Crippen LogP contribution in [0.1, 0.15) is 44.7 Å². The summed E-state index contributed by atoms with van der Waals surface area (Å²) < 4.78 is 26.9. The largest absolute Gasteiger partial charge is 0.338 e. The zero-order chi connectivity index (χ0) is 22.6. The first kappa shape index (κ1) is 20.6. The topological polar surface area (TPSA) is 40.6 Å². The first-order valence-electron chi connectivity index (χ1n) is 10.8. The van der Waals surface area contributed by atoms with Gasteiger partial charge < -0.3 is 9.80 Å². The van der Waals surface area contributed by atoms with Gasteiger partial charge in [-0.3, -0.25) is 9.59 Å². The number of carbonyl (C=O) groups excluding carboxylic acids is 2. The van der Waals surface area contributed by atoms with Gasteiger partial charge in [-0.15, -0.1) is 0 Å². The summed E-state index contributed by atoms with van der Waals surface area (Å²) >= 11 is 0. The molecule has 3 aromatic carbocycles. The van der Waals surface area contributed by atoms with Crippen molar-refractivity contribution in [3.63, 3.8) is 0 Å². The van der Waals surface area contributed by atoms with E-state index in [2.05, 4.69) is 6.07 Å². The van der Waals surface area contributed by atoms with Crippen LogP contribution >= 0.6 is 0 Å². The lowest BCUT2D eigenvalue weighted by molar-refractivity contribution is -0.0494. The molecule has 32 heavy (non-hydrogen) atoms. The summed E-state index contributed by atoms with van der Waals surface area (Å²) in [5, 5.41) is 1.94. The number of nitrogens with zero attached hydrogens (tertiary/aromatic N) is 2. The van der Waals surface area contributed by atoms with E-state index >= 15 is 0 Å². The second-order valence-electron chi connectivity index (χ2n) is 8.87. The molecule has 0 aliphatic carbocycles. The van der Waals surface area contributed by atoms with Crippen LogP contribution in [-0.2, 0) is 6.54 Å². The Labute approximate surface area is 185 Å². The Balaban J connectivity index is 1.51. The number of halogens is 2. The quantitative estimate of drug-likeness (QED) is 0.551. The normalized spacial score (nSPS) is 17.7. The van der Waals surface area contributed by atoms with E-state index in [0.29, 0.717) is 12.1 Å². The van der Waals surface area contributed by atoms with Gasteiger partial charge in [-0.25, -0.2) is 8.78 Å². The van der Waals surface area contributed by atoms with Crippen LogP contribution in [0.25, 0.3) is 21.9 Å². The van der Waals surface area contributed by atoms with Gasteiger partial charge in [0.15, 0.2) is 0 Å². The van der Waals surface area contributed by atoms with Crippen molar-refractivity contribution in [3.05, 3.63) is 70.8 Å². The van der Waals surface area contributed by atoms with Crippen LogP contribution < -0.4 is 0 Å². The molecule has 2 amide bonds. The van der Waals surface area contributed by atoms with Crippen molar-refractivity contribution in [2.45, 2.75) is 32.2 Å². The Kier molecular flexibility index (Phi) is 4.77. The van der Waals surface area contributed by atoms with Crippen LogP contribution in [0, 0.1) is 6.92 Å². The molecule has 5 rings (SSSR count). The Morgan fingerprint density at radius 2 is 1.75 bits per heavy atom. The maximum absolute atomic E-state index is 13.5. The molecule has 2 heterocycles. The summed E-state index contributed by atoms with van der Waals surface area (Å²) in [5.41, 5.74) is 5.48. The number of alkyl halides is 2. The van der Waals surface area contributed by atoms with Crippen LogP contribution in [0.3, 0.4) is 0 Å². The maximum Gasteiger partial charge on any atom is 0.254 e. The zero-order valence-corrected chi connectivity index (χ0v) is 18.1. The molecule has 2 aliphatic rings. The first-order valence-corrected chi connectivity index (χ1v) is 10.8. The van der Waals surface area contributed by atoms with Crippen molar-refractivity contribution in [1.29, 1.82) is 0 Å². The number of aryl methyl sites for hydroxylation is 1. The molecule has 0 aromatic heterocycles. The van der Waals surface area contributed by atoms with Gasteiger partial charge >= 0.3 is 0 Å². The maximum atomic E-state index is 13.5. The zero-order valence-electron chi connectivity index (χ0n) is 18.1. The summed E-state index contributed by atoms with van der Waals surface area (Å²) in [4.78, 5) is 28.4. The second kappa shape index (κ2) is 7.40. The number of fused-ring (bicyclic) bond motifs is 2. The number of amides is 2. The Morgan fingerprint density at radius 1 is 1.00 bits per heavy atom. The summed E-state index contributed by atoms with van der Waals surface area (Å²) in [7, 11) is 1.80. The smallest absolute Gasteiger partial charge is 0.254 e. The van der Waals surface area contributed by atoms with Gasteiger partial charge in [-0.2, -0.15) is 0 Å². The fourth-order valence-electron chi connectivity index (χ4n) is 4.80. The van der Waals surface area contributed by atoms with Crippen molar-refractivity contribution in [1.82, 2.24) is 9.80 Å². The Bertz CT molecular complexity index is 1260. The molecule has 2 aliphatic heterocycles. The van der Waals surface area contributed by atoms with Crippen LogP contribution in [0.2, 0.25) is 0 Å². The van der Waals surface area contributed by atoms with E-state index in [1.165, 1.54) is 4.90 Å². The molecule has 3 aromatic rings. The number of benzene rings is 3. The van der Waals surface area contributed by atoms with E-state index in [-0.39, 0.29) is 37.7 Å². The highest BCUT2D eigenvalue weighted by Crippen LogP contribution is 2.35. The molecular weight excluding hydrogens is 410 g/mol. The van der Waals surface area contributed by atoms with E-state index < -0.39 is 5.92 Å². The monoisotopic (exact) mass is 434 g/mol. The molecule has 0 unspecified atom stereocenters. The molecule has 0 bridgehead atoms. The lowest BCUT2D eigenvalue weighted by atomic mass is 9.91. The van der Waals surface area contributed by atoms with Gasteiger partial charge in [0.25, 0.3) is 17.7 Å². The molecule has 4 nitrogen and oxygen atoms in total. The van der Waals surface area contributed by atoms with Crippen molar-refractivity contribution in [2.24, 2.45) is 0 Å². The van der Waals surface area contributed by atoms with Gasteiger partial charge in [-0.1, -0.05) is 24.3 Å². The second-order valence-corrected chi connectivity index (χ2v) is 8.87. The highest BCUT2D eigenvalue weighted by molar-refractivity contribution is 6.04. The van der Waals surface area contributed by atoms with Crippen LogP contribution in [0.15, 0.2) is 48.5 Å². The summed E-state index contributed by atoms with van der Waals surface area (Å²) in [6, 6.07) is 15.5. The number of rotatable bonds is 2. The standard InChI is InChI=1S/C26H24F2N2O2/c1-16-3-4-17-13-19(24(31)30-11-9-26(27,28)10-12-30)6-7-21(17)23(16)18-5-8-22-20(14-18)15-29(2)25(22)32/h3-8,13-14H,9-12,15H2,1-2H3. The number of hydrogen-bond acceptors (Lipinski definition) is 2. The third-order valence-corrected chi connectivity index (χ3v) is 6.64. The molecule has 6 heteroatoms.